The summed E-state index contributed by atoms with van der Waals surface area (Å²) in [4.78, 5) is 2.43. The number of hydrogen-bond donors (Lipinski definition) is 1. The second kappa shape index (κ2) is 9.76. The van der Waals surface area contributed by atoms with E-state index in [1.807, 2.05) is 0 Å². The molecule has 0 aromatic carbocycles. The minimum Gasteiger partial charge on any atom is -0.376 e. The Morgan fingerprint density at radius 1 is 1.00 bits per heavy atom. The fraction of sp³-hybridized carbons (Fsp3) is 0.850. The molecule has 0 radical (unpaired) electrons. The molecule has 0 amide bonds. The van der Waals surface area contributed by atoms with Crippen LogP contribution in [0, 0.1) is 5.92 Å². The van der Waals surface area contributed by atoms with E-state index in [0.29, 0.717) is 12.1 Å². The molecule has 136 valence electrons. The summed E-state index contributed by atoms with van der Waals surface area (Å²) in [7, 11) is 0. The van der Waals surface area contributed by atoms with Crippen LogP contribution < -0.4 is 5.32 Å². The molecule has 1 heterocycles. The maximum atomic E-state index is 5.89. The summed E-state index contributed by atoms with van der Waals surface area (Å²) in [5.74, 6) is 0.741. The molecule has 2 fully saturated rings. The van der Waals surface area contributed by atoms with Gasteiger partial charge in [0.2, 0.25) is 0 Å². The van der Waals surface area contributed by atoms with E-state index in [2.05, 4.69) is 22.4 Å². The molecule has 24 heavy (non-hydrogen) atoms. The van der Waals surface area contributed by atoms with Gasteiger partial charge in [0.1, 0.15) is 0 Å². The molecule has 0 spiro atoms. The first-order valence-corrected chi connectivity index (χ1v) is 10.5. The highest BCUT2D eigenvalue weighted by atomic mass is 32.1. The van der Waals surface area contributed by atoms with E-state index in [-0.39, 0.29) is 0 Å². The first kappa shape index (κ1) is 18.2. The van der Waals surface area contributed by atoms with E-state index in [4.69, 9.17) is 17.0 Å². The van der Waals surface area contributed by atoms with Crippen molar-refractivity contribution in [2.75, 3.05) is 19.7 Å². The Kier molecular flexibility index (Phi) is 7.40. The van der Waals surface area contributed by atoms with E-state index in [1.54, 1.807) is 0 Å². The molecule has 1 saturated carbocycles. The quantitative estimate of drug-likeness (QED) is 0.451. The first-order chi connectivity index (χ1) is 11.8. The molecule has 2 unspecified atom stereocenters. The molecule has 1 aliphatic heterocycles. The highest BCUT2D eigenvalue weighted by Crippen LogP contribution is 2.22. The van der Waals surface area contributed by atoms with Crippen LogP contribution in [0.3, 0.4) is 0 Å². The molecule has 2 atom stereocenters. The highest BCUT2D eigenvalue weighted by Gasteiger charge is 2.25. The number of thiocarbonyl (C=S) groups is 1. The van der Waals surface area contributed by atoms with Crippen LogP contribution in [0.1, 0.15) is 70.6 Å². The molecule has 0 bridgehead atoms. The van der Waals surface area contributed by atoms with Crippen molar-refractivity contribution in [2.45, 2.75) is 82.8 Å². The lowest BCUT2D eigenvalue weighted by Crippen LogP contribution is -2.48. The number of ether oxygens (including phenoxy) is 1. The summed E-state index contributed by atoms with van der Waals surface area (Å²) in [5.41, 5.74) is 0. The van der Waals surface area contributed by atoms with E-state index < -0.39 is 0 Å². The monoisotopic (exact) mass is 350 g/mol. The van der Waals surface area contributed by atoms with Gasteiger partial charge in [0.25, 0.3) is 0 Å². The Bertz CT molecular complexity index is 412. The van der Waals surface area contributed by atoms with Gasteiger partial charge >= 0.3 is 0 Å². The zero-order valence-corrected chi connectivity index (χ0v) is 15.9. The van der Waals surface area contributed by atoms with E-state index >= 15 is 0 Å². The van der Waals surface area contributed by atoms with Crippen LogP contribution in [0.5, 0.6) is 0 Å². The maximum Gasteiger partial charge on any atom is 0.169 e. The Balaban J connectivity index is 1.56. The van der Waals surface area contributed by atoms with Gasteiger partial charge in [-0.25, -0.2) is 0 Å². The SMILES string of the molecule is S=C(NC1CCCCCC1)N(CC1CC=CCC1)CC1CCCO1. The molecule has 3 rings (SSSR count). The van der Waals surface area contributed by atoms with Crippen molar-refractivity contribution in [3.8, 4) is 0 Å². The van der Waals surface area contributed by atoms with Gasteiger partial charge in [-0.3, -0.25) is 0 Å². The van der Waals surface area contributed by atoms with Crippen LogP contribution >= 0.6 is 12.2 Å². The average Bonchev–Trinajstić information content (AvgIpc) is 2.98. The second-order valence-electron chi connectivity index (χ2n) is 7.83. The predicted octanol–water partition coefficient (Wildman–Crippen LogP) is 4.42. The average molecular weight is 351 g/mol. The lowest BCUT2D eigenvalue weighted by Gasteiger charge is -2.34. The van der Waals surface area contributed by atoms with Gasteiger partial charge in [-0.15, -0.1) is 0 Å². The van der Waals surface area contributed by atoms with Crippen LogP contribution in [0.4, 0.5) is 0 Å². The third kappa shape index (κ3) is 5.73. The first-order valence-electron chi connectivity index (χ1n) is 10.1. The van der Waals surface area contributed by atoms with Crippen molar-refractivity contribution >= 4 is 17.3 Å². The molecule has 1 saturated heterocycles. The van der Waals surface area contributed by atoms with Gasteiger partial charge in [-0.05, 0) is 63.1 Å². The second-order valence-corrected chi connectivity index (χ2v) is 8.22. The van der Waals surface area contributed by atoms with Gasteiger partial charge in [0, 0.05) is 25.7 Å². The lowest BCUT2D eigenvalue weighted by molar-refractivity contribution is 0.0871. The minimum absolute atomic E-state index is 0.373. The molecule has 0 aromatic rings. The predicted molar refractivity (Wildman–Crippen MR) is 104 cm³/mol. The van der Waals surface area contributed by atoms with Crippen LogP contribution in [0.2, 0.25) is 0 Å². The van der Waals surface area contributed by atoms with Crippen molar-refractivity contribution < 1.29 is 4.74 Å². The Morgan fingerprint density at radius 2 is 1.83 bits per heavy atom. The molecule has 3 nitrogen and oxygen atoms in total. The smallest absolute Gasteiger partial charge is 0.169 e. The van der Waals surface area contributed by atoms with Gasteiger partial charge in [-0.1, -0.05) is 37.8 Å². The fourth-order valence-electron chi connectivity index (χ4n) is 4.30. The number of rotatable bonds is 5. The molecule has 0 aromatic heterocycles. The van der Waals surface area contributed by atoms with Crippen LogP contribution in [-0.4, -0.2) is 41.9 Å². The molecular weight excluding hydrogens is 316 g/mol. The third-order valence-corrected chi connectivity index (χ3v) is 6.15. The van der Waals surface area contributed by atoms with Crippen molar-refractivity contribution in [3.05, 3.63) is 12.2 Å². The van der Waals surface area contributed by atoms with Gasteiger partial charge in [0.15, 0.2) is 5.11 Å². The molecule has 3 aliphatic rings. The number of allylic oxidation sites excluding steroid dienone is 2. The summed E-state index contributed by atoms with van der Waals surface area (Å²) in [6.45, 7) is 2.98. The number of nitrogens with one attached hydrogen (secondary N) is 1. The topological polar surface area (TPSA) is 24.5 Å². The van der Waals surface area contributed by atoms with Crippen molar-refractivity contribution in [1.29, 1.82) is 0 Å². The van der Waals surface area contributed by atoms with Crippen LogP contribution in [0.25, 0.3) is 0 Å². The third-order valence-electron chi connectivity index (χ3n) is 5.77. The van der Waals surface area contributed by atoms with Crippen molar-refractivity contribution in [3.63, 3.8) is 0 Å². The maximum absolute atomic E-state index is 5.89. The largest absolute Gasteiger partial charge is 0.376 e. The van der Waals surface area contributed by atoms with E-state index in [9.17, 15) is 0 Å². The zero-order chi connectivity index (χ0) is 16.6. The summed E-state index contributed by atoms with van der Waals surface area (Å²) in [5, 5.41) is 4.68. The summed E-state index contributed by atoms with van der Waals surface area (Å²) in [6, 6.07) is 0.582. The summed E-state index contributed by atoms with van der Waals surface area (Å²) in [6.07, 6.45) is 19.2. The van der Waals surface area contributed by atoms with Crippen molar-refractivity contribution in [1.82, 2.24) is 10.2 Å². The Labute approximate surface area is 153 Å². The van der Waals surface area contributed by atoms with E-state index in [1.165, 1.54) is 70.6 Å². The number of hydrogen-bond acceptors (Lipinski definition) is 2. The highest BCUT2D eigenvalue weighted by molar-refractivity contribution is 7.80. The Morgan fingerprint density at radius 3 is 2.50 bits per heavy atom. The van der Waals surface area contributed by atoms with Gasteiger partial charge in [-0.2, -0.15) is 0 Å². The molecule has 4 heteroatoms. The minimum atomic E-state index is 0.373. The van der Waals surface area contributed by atoms with Crippen molar-refractivity contribution in [2.24, 2.45) is 5.92 Å². The molecular formula is C20H34N2OS. The molecule has 1 N–H and O–H groups in total. The summed E-state index contributed by atoms with van der Waals surface area (Å²) >= 11 is 5.84. The summed E-state index contributed by atoms with van der Waals surface area (Å²) < 4.78 is 5.89. The zero-order valence-electron chi connectivity index (χ0n) is 15.0. The normalized spacial score (nSPS) is 28.5. The molecule has 2 aliphatic carbocycles. The fourth-order valence-corrected chi connectivity index (χ4v) is 4.61. The van der Waals surface area contributed by atoms with Crippen LogP contribution in [-0.2, 0) is 4.74 Å². The standard InChI is InChI=1S/C20H34N2OS/c24-20(21-18-11-6-1-2-7-12-18)22(16-19-13-8-14-23-19)15-17-9-4-3-5-10-17/h3-4,17-19H,1-2,5-16H2,(H,21,24). The lowest BCUT2D eigenvalue weighted by atomic mass is 9.94. The Hall–Kier alpha value is -0.610. The van der Waals surface area contributed by atoms with Crippen LogP contribution in [0.15, 0.2) is 12.2 Å². The number of nitrogens with zero attached hydrogens (tertiary/aromatic N) is 1. The van der Waals surface area contributed by atoms with Gasteiger partial charge < -0.3 is 15.0 Å². The van der Waals surface area contributed by atoms with E-state index in [0.717, 1.165) is 30.7 Å². The van der Waals surface area contributed by atoms with Gasteiger partial charge in [0.05, 0.1) is 6.10 Å².